The fourth-order valence-corrected chi connectivity index (χ4v) is 2.92. The number of aromatic nitrogens is 3. The van der Waals surface area contributed by atoms with Gasteiger partial charge in [-0.1, -0.05) is 20.4 Å². The second-order valence-electron chi connectivity index (χ2n) is 7.38. The van der Waals surface area contributed by atoms with Gasteiger partial charge in [-0.3, -0.25) is 4.79 Å². The third-order valence-corrected chi connectivity index (χ3v) is 4.71. The van der Waals surface area contributed by atoms with Crippen LogP contribution in [-0.4, -0.2) is 67.2 Å². The van der Waals surface area contributed by atoms with Gasteiger partial charge in [0.25, 0.3) is 0 Å². The molecule has 0 spiro atoms. The molecule has 36 heavy (non-hydrogen) atoms. The van der Waals surface area contributed by atoms with E-state index in [-0.39, 0.29) is 5.91 Å². The van der Waals surface area contributed by atoms with Crippen LogP contribution in [0.3, 0.4) is 0 Å². The van der Waals surface area contributed by atoms with Crippen LogP contribution in [0.4, 0.5) is 17.3 Å². The molecule has 0 atom stereocenters. The Labute approximate surface area is 212 Å². The molecule has 0 aliphatic carbocycles. The van der Waals surface area contributed by atoms with Gasteiger partial charge in [0.1, 0.15) is 30.2 Å². The van der Waals surface area contributed by atoms with Crippen molar-refractivity contribution in [2.45, 2.75) is 13.8 Å². The van der Waals surface area contributed by atoms with E-state index in [1.807, 2.05) is 57.1 Å². The van der Waals surface area contributed by atoms with Crippen LogP contribution in [-0.2, 0) is 4.79 Å². The highest BCUT2D eigenvalue weighted by atomic mass is 16.5. The molecule has 0 saturated carbocycles. The maximum atomic E-state index is 12.0. The SMILES string of the molecule is C=CC(=O)Nc1cc(Nc2ncnc(-c3ccc(OC)cc3)n2)c(OC)cc1OCCN(C)C.CC. The lowest BCUT2D eigenvalue weighted by Gasteiger charge is -2.18. The second-order valence-corrected chi connectivity index (χ2v) is 7.38. The smallest absolute Gasteiger partial charge is 0.247 e. The predicted molar refractivity (Wildman–Crippen MR) is 142 cm³/mol. The second kappa shape index (κ2) is 14.3. The lowest BCUT2D eigenvalue weighted by Crippen LogP contribution is -2.20. The Morgan fingerprint density at radius 1 is 1.03 bits per heavy atom. The van der Waals surface area contributed by atoms with Crippen LogP contribution < -0.4 is 24.8 Å². The van der Waals surface area contributed by atoms with E-state index < -0.39 is 0 Å². The van der Waals surface area contributed by atoms with Gasteiger partial charge in [-0.05, 0) is 50.5 Å². The van der Waals surface area contributed by atoms with Crippen LogP contribution in [0.15, 0.2) is 55.4 Å². The van der Waals surface area contributed by atoms with Crippen molar-refractivity contribution >= 4 is 23.2 Å². The van der Waals surface area contributed by atoms with Gasteiger partial charge in [-0.15, -0.1) is 0 Å². The summed E-state index contributed by atoms with van der Waals surface area (Å²) >= 11 is 0. The summed E-state index contributed by atoms with van der Waals surface area (Å²) in [6.07, 6.45) is 2.61. The highest BCUT2D eigenvalue weighted by molar-refractivity contribution is 6.00. The van der Waals surface area contributed by atoms with Crippen LogP contribution in [0, 0.1) is 0 Å². The number of rotatable bonds is 11. The molecule has 1 amide bonds. The van der Waals surface area contributed by atoms with Crippen molar-refractivity contribution in [3.05, 3.63) is 55.4 Å². The molecule has 10 heteroatoms. The highest BCUT2D eigenvalue weighted by Crippen LogP contribution is 2.37. The summed E-state index contributed by atoms with van der Waals surface area (Å²) in [6.45, 7) is 8.64. The molecule has 0 aliphatic heterocycles. The Kier molecular flexibility index (Phi) is 11.1. The van der Waals surface area contributed by atoms with Crippen LogP contribution in [0.25, 0.3) is 11.4 Å². The molecule has 1 aromatic heterocycles. The third kappa shape index (κ3) is 7.95. The highest BCUT2D eigenvalue weighted by Gasteiger charge is 2.15. The van der Waals surface area contributed by atoms with Crippen LogP contribution in [0.5, 0.6) is 17.2 Å². The number of nitrogens with one attached hydrogen (secondary N) is 2. The average Bonchev–Trinajstić information content (AvgIpc) is 2.90. The lowest BCUT2D eigenvalue weighted by molar-refractivity contribution is -0.111. The monoisotopic (exact) mass is 494 g/mol. The zero-order valence-electron chi connectivity index (χ0n) is 21.7. The molecule has 2 aromatic carbocycles. The standard InChI is InChI=1S/C24H28N6O4.C2H6/c1-6-22(31)27-19-13-18(20(33-5)14-21(19)34-12-11-30(2)3)28-24-26-15-25-23(29-24)16-7-9-17(32-4)10-8-16;1-2/h6-10,13-15H,1,11-12H2,2-5H3,(H,27,31)(H,25,26,28,29);1-2H3. The number of hydrogen-bond donors (Lipinski definition) is 2. The minimum Gasteiger partial charge on any atom is -0.497 e. The average molecular weight is 495 g/mol. The zero-order chi connectivity index (χ0) is 26.5. The van der Waals surface area contributed by atoms with E-state index in [2.05, 4.69) is 32.2 Å². The number of nitrogens with zero attached hydrogens (tertiary/aromatic N) is 4. The van der Waals surface area contributed by atoms with Gasteiger partial charge in [0, 0.05) is 18.2 Å². The number of carbonyl (C=O) groups is 1. The van der Waals surface area contributed by atoms with E-state index in [4.69, 9.17) is 14.2 Å². The number of benzene rings is 2. The third-order valence-electron chi connectivity index (χ3n) is 4.71. The first-order chi connectivity index (χ1) is 17.4. The Bertz CT molecular complexity index is 1140. The molecule has 1 heterocycles. The zero-order valence-corrected chi connectivity index (χ0v) is 21.7. The van der Waals surface area contributed by atoms with Gasteiger partial charge < -0.3 is 29.7 Å². The van der Waals surface area contributed by atoms with Gasteiger partial charge in [0.2, 0.25) is 11.9 Å². The Morgan fingerprint density at radius 3 is 2.36 bits per heavy atom. The van der Waals surface area contributed by atoms with E-state index in [1.165, 1.54) is 12.4 Å². The minimum atomic E-state index is -0.365. The van der Waals surface area contributed by atoms with Crippen molar-refractivity contribution in [1.29, 1.82) is 0 Å². The molecule has 2 N–H and O–H groups in total. The van der Waals surface area contributed by atoms with Gasteiger partial charge >= 0.3 is 0 Å². The van der Waals surface area contributed by atoms with Crippen molar-refractivity contribution in [1.82, 2.24) is 19.9 Å². The number of methoxy groups -OCH3 is 2. The summed E-state index contributed by atoms with van der Waals surface area (Å²) in [7, 11) is 7.05. The molecule has 0 fully saturated rings. The first-order valence-electron chi connectivity index (χ1n) is 11.5. The predicted octanol–water partition coefficient (Wildman–Crippen LogP) is 4.39. The van der Waals surface area contributed by atoms with Crippen LogP contribution >= 0.6 is 0 Å². The number of likely N-dealkylation sites (N-methyl/N-ethyl adjacent to an activating group) is 1. The van der Waals surface area contributed by atoms with Crippen molar-refractivity contribution in [3.63, 3.8) is 0 Å². The summed E-state index contributed by atoms with van der Waals surface area (Å²) < 4.78 is 16.6. The summed E-state index contributed by atoms with van der Waals surface area (Å²) in [5.74, 6) is 2.12. The number of amides is 1. The summed E-state index contributed by atoms with van der Waals surface area (Å²) in [5.41, 5.74) is 1.80. The van der Waals surface area contributed by atoms with Gasteiger partial charge in [-0.2, -0.15) is 4.98 Å². The molecule has 192 valence electrons. The van der Waals surface area contributed by atoms with E-state index in [0.717, 1.165) is 11.3 Å². The maximum Gasteiger partial charge on any atom is 0.247 e. The first-order valence-corrected chi connectivity index (χ1v) is 11.5. The van der Waals surface area contributed by atoms with Gasteiger partial charge in [-0.25, -0.2) is 9.97 Å². The van der Waals surface area contributed by atoms with Crippen molar-refractivity contribution < 1.29 is 19.0 Å². The molecule has 10 nitrogen and oxygen atoms in total. The molecule has 0 saturated heterocycles. The van der Waals surface area contributed by atoms with Crippen molar-refractivity contribution in [2.75, 3.05) is 52.1 Å². The van der Waals surface area contributed by atoms with E-state index in [0.29, 0.717) is 47.8 Å². The summed E-state index contributed by atoms with van der Waals surface area (Å²) in [5, 5.41) is 5.90. The Hall–Kier alpha value is -4.18. The number of ether oxygens (including phenoxy) is 3. The number of anilines is 3. The maximum absolute atomic E-state index is 12.0. The Balaban J connectivity index is 0.00000222. The largest absolute Gasteiger partial charge is 0.497 e. The van der Waals surface area contributed by atoms with Gasteiger partial charge in [0.15, 0.2) is 5.82 Å². The summed E-state index contributed by atoms with van der Waals surface area (Å²) in [4.78, 5) is 27.0. The van der Waals surface area contributed by atoms with Crippen LogP contribution in [0.1, 0.15) is 13.8 Å². The fraction of sp³-hybridized carbons (Fsp3) is 0.308. The quantitative estimate of drug-likeness (QED) is 0.375. The molecule has 3 rings (SSSR count). The van der Waals surface area contributed by atoms with E-state index >= 15 is 0 Å². The summed E-state index contributed by atoms with van der Waals surface area (Å²) in [6, 6.07) is 10.8. The molecule has 0 aliphatic rings. The molecular formula is C26H34N6O4. The van der Waals surface area contributed by atoms with Gasteiger partial charge in [0.05, 0.1) is 25.6 Å². The first kappa shape index (κ1) is 28.1. The molecule has 0 radical (unpaired) electrons. The fourth-order valence-electron chi connectivity index (χ4n) is 2.92. The van der Waals surface area contributed by atoms with E-state index in [9.17, 15) is 4.79 Å². The number of hydrogen-bond acceptors (Lipinski definition) is 9. The molecule has 3 aromatic rings. The van der Waals surface area contributed by atoms with Crippen molar-refractivity contribution in [2.24, 2.45) is 0 Å². The number of carbonyl (C=O) groups excluding carboxylic acids is 1. The topological polar surface area (TPSA) is 111 Å². The van der Waals surface area contributed by atoms with E-state index in [1.54, 1.807) is 26.4 Å². The Morgan fingerprint density at radius 2 is 1.75 bits per heavy atom. The minimum absolute atomic E-state index is 0.307. The molecule has 0 bridgehead atoms. The molecule has 0 unspecified atom stereocenters. The van der Waals surface area contributed by atoms with Crippen LogP contribution in [0.2, 0.25) is 0 Å². The molecular weight excluding hydrogens is 460 g/mol. The normalized spacial score (nSPS) is 10.1. The van der Waals surface area contributed by atoms with Crippen molar-refractivity contribution in [3.8, 4) is 28.6 Å². The lowest BCUT2D eigenvalue weighted by atomic mass is 10.2.